The molecular formula is C46H31N3O. The minimum Gasteiger partial charge on any atom is -0.456 e. The fourth-order valence-corrected chi connectivity index (χ4v) is 7.54. The lowest BCUT2D eigenvalue weighted by Gasteiger charge is -2.31. The van der Waals surface area contributed by atoms with Gasteiger partial charge in [-0.05, 0) is 75.0 Å². The summed E-state index contributed by atoms with van der Waals surface area (Å²) in [5, 5.41) is 7.03. The Morgan fingerprint density at radius 3 is 2.30 bits per heavy atom. The van der Waals surface area contributed by atoms with Crippen LogP contribution in [-0.2, 0) is 0 Å². The summed E-state index contributed by atoms with van der Waals surface area (Å²) in [6.45, 7) is 2.28. The zero-order chi connectivity index (χ0) is 33.2. The van der Waals surface area contributed by atoms with Crippen molar-refractivity contribution in [3.63, 3.8) is 0 Å². The molecule has 6 aromatic carbocycles. The predicted molar refractivity (Wildman–Crippen MR) is 205 cm³/mol. The van der Waals surface area contributed by atoms with E-state index in [4.69, 9.17) is 19.4 Å². The molecular weight excluding hydrogens is 611 g/mol. The Labute approximate surface area is 289 Å². The maximum Gasteiger partial charge on any atom is 0.164 e. The van der Waals surface area contributed by atoms with Crippen molar-refractivity contribution >= 4 is 49.1 Å². The second kappa shape index (κ2) is 11.1. The van der Waals surface area contributed by atoms with Gasteiger partial charge in [-0.3, -0.25) is 0 Å². The Balaban J connectivity index is 1.14. The minimum atomic E-state index is -0.0196. The molecule has 236 valence electrons. The van der Waals surface area contributed by atoms with Crippen LogP contribution < -0.4 is 0 Å². The number of aromatic nitrogens is 3. The monoisotopic (exact) mass is 641 g/mol. The molecule has 50 heavy (non-hydrogen) atoms. The van der Waals surface area contributed by atoms with Crippen molar-refractivity contribution in [3.05, 3.63) is 169 Å². The lowest BCUT2D eigenvalue weighted by Crippen LogP contribution is -2.19. The second-order valence-electron chi connectivity index (χ2n) is 13.5. The molecule has 2 aromatic heterocycles. The lowest BCUT2D eigenvalue weighted by molar-refractivity contribution is 0.528. The summed E-state index contributed by atoms with van der Waals surface area (Å²) in [6.07, 6.45) is 14.1. The van der Waals surface area contributed by atoms with Gasteiger partial charge in [-0.2, -0.15) is 0 Å². The topological polar surface area (TPSA) is 51.8 Å². The quantitative estimate of drug-likeness (QED) is 0.179. The summed E-state index contributed by atoms with van der Waals surface area (Å²) >= 11 is 0. The third-order valence-electron chi connectivity index (χ3n) is 10.3. The first-order valence-electron chi connectivity index (χ1n) is 17.1. The molecule has 1 atom stereocenters. The van der Waals surface area contributed by atoms with Crippen LogP contribution in [-0.4, -0.2) is 15.0 Å². The van der Waals surface area contributed by atoms with Crippen LogP contribution in [0.15, 0.2) is 168 Å². The summed E-state index contributed by atoms with van der Waals surface area (Å²) in [5.74, 6) is 1.93. The Morgan fingerprint density at radius 1 is 0.580 bits per heavy atom. The molecule has 1 unspecified atom stereocenters. The first kappa shape index (κ1) is 28.6. The molecule has 10 rings (SSSR count). The summed E-state index contributed by atoms with van der Waals surface area (Å²) in [7, 11) is 0. The number of hydrogen-bond donors (Lipinski definition) is 0. The van der Waals surface area contributed by atoms with E-state index >= 15 is 0 Å². The molecule has 0 fully saturated rings. The normalized spacial score (nSPS) is 17.0. The van der Waals surface area contributed by atoms with Crippen molar-refractivity contribution < 1.29 is 4.42 Å². The van der Waals surface area contributed by atoms with Gasteiger partial charge in [0.25, 0.3) is 0 Å². The van der Waals surface area contributed by atoms with Gasteiger partial charge in [0.15, 0.2) is 17.5 Å². The Kier molecular flexibility index (Phi) is 6.34. The van der Waals surface area contributed by atoms with E-state index in [9.17, 15) is 0 Å². The first-order chi connectivity index (χ1) is 24.6. The molecule has 0 radical (unpaired) electrons. The van der Waals surface area contributed by atoms with Gasteiger partial charge in [-0.15, -0.1) is 0 Å². The second-order valence-corrected chi connectivity index (χ2v) is 13.5. The van der Waals surface area contributed by atoms with Gasteiger partial charge in [-0.1, -0.05) is 134 Å². The fourth-order valence-electron chi connectivity index (χ4n) is 7.54. The van der Waals surface area contributed by atoms with Crippen molar-refractivity contribution in [2.75, 3.05) is 0 Å². The molecule has 0 amide bonds. The molecule has 2 heterocycles. The largest absolute Gasteiger partial charge is 0.456 e. The average Bonchev–Trinajstić information content (AvgIpc) is 3.56. The fraction of sp³-hybridized carbons (Fsp3) is 0.0652. The molecule has 0 saturated heterocycles. The van der Waals surface area contributed by atoms with Crippen LogP contribution in [0.25, 0.3) is 83.0 Å². The molecule has 0 N–H and O–H groups in total. The third-order valence-corrected chi connectivity index (χ3v) is 10.3. The van der Waals surface area contributed by atoms with E-state index in [0.29, 0.717) is 17.5 Å². The third kappa shape index (κ3) is 4.64. The average molecular weight is 642 g/mol. The maximum absolute atomic E-state index is 6.45. The number of nitrogens with zero attached hydrogens (tertiary/aromatic N) is 3. The van der Waals surface area contributed by atoms with Gasteiger partial charge in [0, 0.05) is 32.9 Å². The number of benzene rings is 6. The highest BCUT2D eigenvalue weighted by Crippen LogP contribution is 2.43. The number of allylic oxidation sites excluding steroid dienone is 8. The van der Waals surface area contributed by atoms with Crippen LogP contribution in [0.2, 0.25) is 0 Å². The molecule has 0 saturated carbocycles. The van der Waals surface area contributed by atoms with Crippen molar-refractivity contribution in [1.29, 1.82) is 0 Å². The highest BCUT2D eigenvalue weighted by molar-refractivity contribution is 6.13. The summed E-state index contributed by atoms with van der Waals surface area (Å²) < 4.78 is 6.45. The molecule has 2 aliphatic rings. The van der Waals surface area contributed by atoms with E-state index in [1.807, 2.05) is 30.3 Å². The van der Waals surface area contributed by atoms with Crippen molar-refractivity contribution in [3.8, 4) is 33.9 Å². The Morgan fingerprint density at radius 2 is 1.36 bits per heavy atom. The number of rotatable bonds is 4. The maximum atomic E-state index is 6.45. The minimum absolute atomic E-state index is 0.0196. The Bertz CT molecular complexity index is 2800. The summed E-state index contributed by atoms with van der Waals surface area (Å²) in [4.78, 5) is 15.3. The van der Waals surface area contributed by atoms with Crippen LogP contribution in [0.5, 0.6) is 0 Å². The smallest absolute Gasteiger partial charge is 0.164 e. The number of hydrogen-bond acceptors (Lipinski definition) is 4. The molecule has 0 spiro atoms. The molecule has 8 aromatic rings. The molecule has 2 aliphatic carbocycles. The van der Waals surface area contributed by atoms with Crippen molar-refractivity contribution in [2.45, 2.75) is 13.3 Å². The SMILES string of the molecule is CC12C=CC=CC1=CC(c1nc(-c3ccccc3)nc(-c3cccc4oc5ccc(-c6ccc7c(ccc8ccccc87)c6)cc5c34)n1)=CC2. The molecule has 0 bridgehead atoms. The van der Waals surface area contributed by atoms with Gasteiger partial charge in [-0.25, -0.2) is 15.0 Å². The summed E-state index contributed by atoms with van der Waals surface area (Å²) in [6, 6.07) is 42.5. The van der Waals surface area contributed by atoms with Gasteiger partial charge in [0.05, 0.1) is 0 Å². The van der Waals surface area contributed by atoms with E-state index in [2.05, 4.69) is 134 Å². The zero-order valence-corrected chi connectivity index (χ0v) is 27.5. The van der Waals surface area contributed by atoms with Crippen LogP contribution in [0, 0.1) is 5.41 Å². The van der Waals surface area contributed by atoms with E-state index < -0.39 is 0 Å². The highest BCUT2D eigenvalue weighted by atomic mass is 16.3. The standard InChI is InChI=1S/C46H31N3O/c1-46-24-8-7-13-35(46)27-34(23-25-46)44-47-43(30-11-3-2-4-12-30)48-45(49-44)38-15-9-16-41-42(38)39-28-32(20-22-40(39)50-41)31-19-21-37-33(26-31)18-17-29-10-5-6-14-36(29)37/h2-24,26-28H,25H2,1H3. The van der Waals surface area contributed by atoms with Crippen LogP contribution in [0.3, 0.4) is 0 Å². The van der Waals surface area contributed by atoms with E-state index in [0.717, 1.165) is 56.2 Å². The van der Waals surface area contributed by atoms with Crippen molar-refractivity contribution in [1.82, 2.24) is 15.0 Å². The molecule has 4 nitrogen and oxygen atoms in total. The number of fused-ring (bicyclic) bond motifs is 7. The van der Waals surface area contributed by atoms with Crippen LogP contribution in [0.1, 0.15) is 19.2 Å². The van der Waals surface area contributed by atoms with E-state index in [-0.39, 0.29) is 5.41 Å². The highest BCUT2D eigenvalue weighted by Gasteiger charge is 2.29. The van der Waals surface area contributed by atoms with E-state index in [1.165, 1.54) is 27.1 Å². The number of furan rings is 1. The van der Waals surface area contributed by atoms with Gasteiger partial charge >= 0.3 is 0 Å². The predicted octanol–water partition coefficient (Wildman–Crippen LogP) is 11.9. The van der Waals surface area contributed by atoms with Crippen LogP contribution >= 0.6 is 0 Å². The zero-order valence-electron chi connectivity index (χ0n) is 27.5. The van der Waals surface area contributed by atoms with Gasteiger partial charge in [0.1, 0.15) is 11.2 Å². The Hall–Kier alpha value is -6.39. The van der Waals surface area contributed by atoms with Gasteiger partial charge < -0.3 is 4.42 Å². The first-order valence-corrected chi connectivity index (χ1v) is 17.1. The van der Waals surface area contributed by atoms with Crippen molar-refractivity contribution in [2.24, 2.45) is 5.41 Å². The van der Waals surface area contributed by atoms with E-state index in [1.54, 1.807) is 0 Å². The lowest BCUT2D eigenvalue weighted by atomic mass is 9.73. The van der Waals surface area contributed by atoms with Crippen LogP contribution in [0.4, 0.5) is 0 Å². The summed E-state index contributed by atoms with van der Waals surface area (Å²) in [5.41, 5.74) is 8.03. The molecule has 4 heteroatoms. The molecule has 0 aliphatic heterocycles. The van der Waals surface area contributed by atoms with Gasteiger partial charge in [0.2, 0.25) is 0 Å².